The second kappa shape index (κ2) is 14.1. The Labute approximate surface area is 184 Å². The van der Waals surface area contributed by atoms with Crippen LogP contribution in [0.15, 0.2) is 60.7 Å². The Morgan fingerprint density at radius 2 is 1.27 bits per heavy atom. The van der Waals surface area contributed by atoms with E-state index in [9.17, 15) is 4.46 Å². The molecule has 0 N–H and O–H groups in total. The molecule has 0 unspecified atom stereocenters. The highest BCUT2D eigenvalue weighted by atomic mass is 28.3. The summed E-state index contributed by atoms with van der Waals surface area (Å²) in [6, 6.07) is 20.8. The molecule has 0 aromatic heterocycles. The molecule has 2 aromatic rings. The van der Waals surface area contributed by atoms with Crippen LogP contribution < -0.4 is 0 Å². The van der Waals surface area contributed by atoms with Crippen LogP contribution in [0.4, 0.5) is 0 Å². The quantitative estimate of drug-likeness (QED) is 0.218. The fourth-order valence-electron chi connectivity index (χ4n) is 3.60. The Bertz CT molecular complexity index is 659. The van der Waals surface area contributed by atoms with E-state index >= 15 is 0 Å². The van der Waals surface area contributed by atoms with Gasteiger partial charge >= 0.3 is 9.17 Å². The van der Waals surface area contributed by atoms with Crippen molar-refractivity contribution in [3.8, 4) is 0 Å². The summed E-state index contributed by atoms with van der Waals surface area (Å²) in [5, 5.41) is 0. The van der Waals surface area contributed by atoms with Gasteiger partial charge in [0.1, 0.15) is 0 Å². The zero-order valence-corrected chi connectivity index (χ0v) is 19.8. The van der Waals surface area contributed by atoms with Crippen LogP contribution in [-0.2, 0) is 26.2 Å². The molecule has 0 heterocycles. The van der Waals surface area contributed by atoms with E-state index in [0.717, 1.165) is 38.5 Å². The van der Waals surface area contributed by atoms with Gasteiger partial charge < -0.3 is 8.85 Å². The normalized spacial score (nSPS) is 11.3. The van der Waals surface area contributed by atoms with Crippen LogP contribution in [-0.4, -0.2) is 21.4 Å². The molecule has 3 nitrogen and oxygen atoms in total. The smallest absolute Gasteiger partial charge is 0.496 e. The van der Waals surface area contributed by atoms with E-state index in [1.807, 2.05) is 12.1 Å². The average molecular weight is 427 g/mol. The van der Waals surface area contributed by atoms with Crippen molar-refractivity contribution in [2.24, 2.45) is 0 Å². The fourth-order valence-corrected chi connectivity index (χ4v) is 4.58. The van der Waals surface area contributed by atoms with Crippen molar-refractivity contribution in [1.29, 1.82) is 0 Å². The lowest BCUT2D eigenvalue weighted by Crippen LogP contribution is -2.35. The van der Waals surface area contributed by atoms with Crippen LogP contribution >= 0.6 is 0 Å². The molecule has 2 aromatic carbocycles. The largest absolute Gasteiger partial charge is 0.767 e. The van der Waals surface area contributed by atoms with E-state index in [1.54, 1.807) is 0 Å². The molecule has 0 fully saturated rings. The number of hydrogen-bond acceptors (Lipinski definition) is 3. The molecule has 0 radical (unpaired) electrons. The van der Waals surface area contributed by atoms with Crippen LogP contribution in [0.3, 0.4) is 0 Å². The van der Waals surface area contributed by atoms with E-state index in [2.05, 4.69) is 62.4 Å². The average Bonchev–Trinajstić information content (AvgIpc) is 2.77. The third-order valence-electron chi connectivity index (χ3n) is 5.62. The van der Waals surface area contributed by atoms with Gasteiger partial charge in [-0.1, -0.05) is 99.7 Å². The van der Waals surface area contributed by atoms with Gasteiger partial charge in [0.05, 0.1) is 12.2 Å². The van der Waals surface area contributed by atoms with Gasteiger partial charge in [-0.3, -0.25) is 4.46 Å². The van der Waals surface area contributed by atoms with Crippen molar-refractivity contribution < 1.29 is 13.3 Å². The molecule has 30 heavy (non-hydrogen) atoms. The van der Waals surface area contributed by atoms with E-state index in [1.165, 1.54) is 36.8 Å². The molecule has 0 saturated carbocycles. The maximum Gasteiger partial charge on any atom is 0.767 e. The van der Waals surface area contributed by atoms with E-state index in [-0.39, 0.29) is 0 Å². The minimum atomic E-state index is -2.50. The first-order chi connectivity index (χ1) is 14.6. The SMILES string of the molecule is CCCCCCCCO[Si](=O)OC(C)(CCc1ccccc1)CCc1ccccc1. The minimum Gasteiger partial charge on any atom is -0.496 e. The minimum absolute atomic E-state index is 0.469. The maximum absolute atomic E-state index is 12.6. The lowest BCUT2D eigenvalue weighted by Gasteiger charge is -2.30. The van der Waals surface area contributed by atoms with Crippen molar-refractivity contribution in [3.63, 3.8) is 0 Å². The van der Waals surface area contributed by atoms with Gasteiger partial charge in [0.15, 0.2) is 0 Å². The molecule has 0 atom stereocenters. The number of rotatable bonds is 16. The third-order valence-corrected chi connectivity index (χ3v) is 6.72. The van der Waals surface area contributed by atoms with E-state index < -0.39 is 14.8 Å². The summed E-state index contributed by atoms with van der Waals surface area (Å²) < 4.78 is 24.2. The van der Waals surface area contributed by atoms with Gasteiger partial charge in [-0.25, -0.2) is 0 Å². The summed E-state index contributed by atoms with van der Waals surface area (Å²) in [5.74, 6) is 0. The summed E-state index contributed by atoms with van der Waals surface area (Å²) in [5.41, 5.74) is 2.09. The summed E-state index contributed by atoms with van der Waals surface area (Å²) in [6.07, 6.45) is 10.6. The summed E-state index contributed by atoms with van der Waals surface area (Å²) in [6.45, 7) is 4.83. The highest BCUT2D eigenvalue weighted by Gasteiger charge is 2.30. The number of hydrogen-bond donors (Lipinski definition) is 0. The van der Waals surface area contributed by atoms with E-state index in [4.69, 9.17) is 8.85 Å². The molecule has 0 spiro atoms. The number of aryl methyl sites for hydroxylation is 2. The predicted octanol–water partition coefficient (Wildman–Crippen LogP) is 6.82. The monoisotopic (exact) mass is 426 g/mol. The fraction of sp³-hybridized carbons (Fsp3) is 0.538. The van der Waals surface area contributed by atoms with Gasteiger partial charge in [-0.05, 0) is 50.2 Å². The Morgan fingerprint density at radius 1 is 0.767 bits per heavy atom. The Morgan fingerprint density at radius 3 is 1.80 bits per heavy atom. The Kier molecular flexibility index (Phi) is 11.5. The summed E-state index contributed by atoms with van der Waals surface area (Å²) in [7, 11) is -2.50. The first-order valence-corrected chi connectivity index (χ1v) is 12.8. The highest BCUT2D eigenvalue weighted by Crippen LogP contribution is 2.25. The molecule has 0 bridgehead atoms. The van der Waals surface area contributed by atoms with Crippen molar-refractivity contribution in [3.05, 3.63) is 71.8 Å². The molecule has 164 valence electrons. The summed E-state index contributed by atoms with van der Waals surface area (Å²) >= 11 is 0. The summed E-state index contributed by atoms with van der Waals surface area (Å²) in [4.78, 5) is 0. The zero-order valence-electron chi connectivity index (χ0n) is 18.8. The molecule has 0 saturated heterocycles. The zero-order chi connectivity index (χ0) is 21.5. The van der Waals surface area contributed by atoms with E-state index in [0.29, 0.717) is 6.61 Å². The molecule has 0 aliphatic rings. The highest BCUT2D eigenvalue weighted by molar-refractivity contribution is 6.26. The van der Waals surface area contributed by atoms with Crippen molar-refractivity contribution >= 4 is 9.17 Å². The Balaban J connectivity index is 1.83. The first kappa shape index (κ1) is 24.3. The van der Waals surface area contributed by atoms with Crippen LogP contribution in [0.1, 0.15) is 76.3 Å². The Hall–Kier alpha value is -1.94. The first-order valence-electron chi connectivity index (χ1n) is 11.5. The topological polar surface area (TPSA) is 35.5 Å². The number of unbranched alkanes of at least 4 members (excludes halogenated alkanes) is 5. The van der Waals surface area contributed by atoms with Crippen LogP contribution in [0.2, 0.25) is 0 Å². The molecular weight excluding hydrogens is 388 g/mol. The van der Waals surface area contributed by atoms with Crippen LogP contribution in [0, 0.1) is 0 Å². The molecular formula is C26H38O3Si. The van der Waals surface area contributed by atoms with Gasteiger partial charge in [-0.15, -0.1) is 0 Å². The van der Waals surface area contributed by atoms with Gasteiger partial charge in [0.2, 0.25) is 0 Å². The third kappa shape index (κ3) is 10.2. The lowest BCUT2D eigenvalue weighted by molar-refractivity contribution is 0.0247. The second-order valence-electron chi connectivity index (χ2n) is 8.39. The molecule has 4 heteroatoms. The maximum atomic E-state index is 12.6. The van der Waals surface area contributed by atoms with Gasteiger partial charge in [0.25, 0.3) is 0 Å². The van der Waals surface area contributed by atoms with Crippen molar-refractivity contribution in [2.75, 3.05) is 6.61 Å². The van der Waals surface area contributed by atoms with Gasteiger partial charge in [0, 0.05) is 0 Å². The molecule has 2 rings (SSSR count). The van der Waals surface area contributed by atoms with Crippen molar-refractivity contribution in [1.82, 2.24) is 0 Å². The van der Waals surface area contributed by atoms with Crippen molar-refractivity contribution in [2.45, 2.75) is 83.7 Å². The van der Waals surface area contributed by atoms with Crippen LogP contribution in [0.25, 0.3) is 0 Å². The number of benzene rings is 2. The second-order valence-corrected chi connectivity index (χ2v) is 9.38. The van der Waals surface area contributed by atoms with Gasteiger partial charge in [-0.2, -0.15) is 0 Å². The standard InChI is InChI=1S/C26H38O3Si/c1-3-4-5-6-7-14-23-28-30(27)29-26(2,21-19-24-15-10-8-11-16-24)22-20-25-17-12-9-13-18-25/h8-13,15-18H,3-7,14,19-23H2,1-2H3. The molecule has 0 aliphatic heterocycles. The molecule has 0 aliphatic carbocycles. The van der Waals surface area contributed by atoms with Crippen LogP contribution in [0.5, 0.6) is 0 Å². The predicted molar refractivity (Wildman–Crippen MR) is 125 cm³/mol. The lowest BCUT2D eigenvalue weighted by atomic mass is 9.90. The molecule has 0 amide bonds.